The topological polar surface area (TPSA) is 49.3 Å². The van der Waals surface area contributed by atoms with Gasteiger partial charge in [0.15, 0.2) is 0 Å². The van der Waals surface area contributed by atoms with Gasteiger partial charge in [-0.3, -0.25) is 4.79 Å². The van der Waals surface area contributed by atoms with Crippen molar-refractivity contribution in [2.45, 2.75) is 0 Å². The average Bonchev–Trinajstić information content (AvgIpc) is 3.06. The lowest BCUT2D eigenvalue weighted by atomic mass is 9.99. The normalized spacial score (nSPS) is 10.6. The van der Waals surface area contributed by atoms with E-state index in [0.717, 1.165) is 28.0 Å². The zero-order valence-electron chi connectivity index (χ0n) is 14.7. The summed E-state index contributed by atoms with van der Waals surface area (Å²) in [6.07, 6.45) is 1.64. The third-order valence-corrected chi connectivity index (χ3v) is 5.51. The number of hydrogen-bond acceptors (Lipinski definition) is 3. The van der Waals surface area contributed by atoms with Gasteiger partial charge in [-0.15, -0.1) is 11.3 Å². The number of nitrogens with one attached hydrogen (secondary N) is 1. The van der Waals surface area contributed by atoms with Gasteiger partial charge < -0.3 is 10.4 Å². The Hall–Kier alpha value is -3.44. The number of amides is 1. The van der Waals surface area contributed by atoms with Crippen LogP contribution in [0, 0.1) is 5.82 Å². The molecule has 0 bridgehead atoms. The highest BCUT2D eigenvalue weighted by Gasteiger charge is 2.18. The van der Waals surface area contributed by atoms with Gasteiger partial charge in [-0.2, -0.15) is 0 Å². The zero-order chi connectivity index (χ0) is 19.5. The van der Waals surface area contributed by atoms with Crippen LogP contribution in [-0.2, 0) is 0 Å². The molecule has 2 N–H and O–H groups in total. The molecule has 0 saturated heterocycles. The molecule has 0 saturated carbocycles. The summed E-state index contributed by atoms with van der Waals surface area (Å²) in [6, 6.07) is 23.5. The number of carbonyl (C=O) groups is 1. The highest BCUT2D eigenvalue weighted by atomic mass is 32.1. The van der Waals surface area contributed by atoms with Gasteiger partial charge in [0.1, 0.15) is 16.4 Å². The van der Waals surface area contributed by atoms with Gasteiger partial charge >= 0.3 is 0 Å². The number of benzene rings is 3. The first kappa shape index (κ1) is 17.9. The predicted octanol–water partition coefficient (Wildman–Crippen LogP) is 5.57. The van der Waals surface area contributed by atoms with E-state index in [1.54, 1.807) is 12.3 Å². The second kappa shape index (κ2) is 7.66. The Morgan fingerprint density at radius 3 is 2.14 bits per heavy atom. The Morgan fingerprint density at radius 1 is 0.929 bits per heavy atom. The molecule has 1 heterocycles. The highest BCUT2D eigenvalue weighted by Crippen LogP contribution is 2.37. The Labute approximate surface area is 165 Å². The van der Waals surface area contributed by atoms with Crippen molar-refractivity contribution in [1.82, 2.24) is 5.32 Å². The number of aromatic hydroxyl groups is 1. The molecule has 0 fully saturated rings. The van der Waals surface area contributed by atoms with E-state index in [1.165, 1.54) is 12.1 Å². The van der Waals surface area contributed by atoms with E-state index in [-0.39, 0.29) is 10.6 Å². The Morgan fingerprint density at radius 2 is 1.54 bits per heavy atom. The lowest BCUT2D eigenvalue weighted by Gasteiger charge is -2.09. The average molecular weight is 389 g/mol. The molecule has 0 aliphatic rings. The molecule has 1 amide bonds. The summed E-state index contributed by atoms with van der Waals surface area (Å²) in [5.41, 5.74) is 2.76. The number of rotatable bonds is 4. The Bertz CT molecular complexity index is 1130. The molecular formula is C23H16FNO2S. The van der Waals surface area contributed by atoms with Crippen LogP contribution in [0.15, 0.2) is 85.1 Å². The van der Waals surface area contributed by atoms with E-state index in [2.05, 4.69) is 5.32 Å². The van der Waals surface area contributed by atoms with E-state index in [9.17, 15) is 14.3 Å². The van der Waals surface area contributed by atoms with E-state index in [1.807, 2.05) is 60.7 Å². The summed E-state index contributed by atoms with van der Waals surface area (Å²) < 4.78 is 14.1. The van der Waals surface area contributed by atoms with Crippen molar-refractivity contribution >= 4 is 32.9 Å². The minimum Gasteiger partial charge on any atom is -0.506 e. The first-order valence-electron chi connectivity index (χ1n) is 8.66. The van der Waals surface area contributed by atoms with Crippen LogP contribution in [0.3, 0.4) is 0 Å². The van der Waals surface area contributed by atoms with Crippen LogP contribution in [-0.4, -0.2) is 11.0 Å². The van der Waals surface area contributed by atoms with E-state index < -0.39 is 11.7 Å². The summed E-state index contributed by atoms with van der Waals surface area (Å²) in [5, 5.41) is 13.5. The first-order chi connectivity index (χ1) is 13.6. The third-order valence-electron chi connectivity index (χ3n) is 4.35. The Kier molecular flexibility index (Phi) is 4.91. The van der Waals surface area contributed by atoms with E-state index in [4.69, 9.17) is 0 Å². The molecule has 3 nitrogen and oxygen atoms in total. The molecule has 138 valence electrons. The molecule has 0 unspecified atom stereocenters. The second-order valence-electron chi connectivity index (χ2n) is 6.18. The summed E-state index contributed by atoms with van der Waals surface area (Å²) >= 11 is 1.13. The largest absolute Gasteiger partial charge is 0.506 e. The fourth-order valence-electron chi connectivity index (χ4n) is 2.98. The van der Waals surface area contributed by atoms with Crippen LogP contribution < -0.4 is 5.32 Å². The van der Waals surface area contributed by atoms with Crippen LogP contribution in [0.2, 0.25) is 0 Å². The molecule has 0 atom stereocenters. The molecule has 0 spiro atoms. The SMILES string of the molecule is O=C(NC=C(c1ccccc1)c1ccccc1)c1sc2ccc(F)cc2c1O. The molecule has 4 aromatic rings. The molecule has 4 rings (SSSR count). The van der Waals surface area contributed by atoms with Crippen molar-refractivity contribution in [3.8, 4) is 5.75 Å². The fourth-order valence-corrected chi connectivity index (χ4v) is 3.96. The lowest BCUT2D eigenvalue weighted by molar-refractivity contribution is 0.0972. The summed E-state index contributed by atoms with van der Waals surface area (Å²) in [7, 11) is 0. The zero-order valence-corrected chi connectivity index (χ0v) is 15.5. The van der Waals surface area contributed by atoms with Gasteiger partial charge in [-0.05, 0) is 29.3 Å². The van der Waals surface area contributed by atoms with Crippen molar-refractivity contribution in [3.63, 3.8) is 0 Å². The number of fused-ring (bicyclic) bond motifs is 1. The molecule has 3 aromatic carbocycles. The molecule has 0 radical (unpaired) electrons. The number of hydrogen-bond donors (Lipinski definition) is 2. The van der Waals surface area contributed by atoms with Gasteiger partial charge in [-0.25, -0.2) is 4.39 Å². The maximum Gasteiger partial charge on any atom is 0.269 e. The van der Waals surface area contributed by atoms with Crippen molar-refractivity contribution in [1.29, 1.82) is 0 Å². The molecule has 28 heavy (non-hydrogen) atoms. The van der Waals surface area contributed by atoms with E-state index in [0.29, 0.717) is 10.1 Å². The maximum atomic E-state index is 13.4. The van der Waals surface area contributed by atoms with E-state index >= 15 is 0 Å². The third kappa shape index (κ3) is 3.52. The molecule has 0 aliphatic carbocycles. The minimum absolute atomic E-state index is 0.150. The van der Waals surface area contributed by atoms with Crippen LogP contribution in [0.4, 0.5) is 4.39 Å². The molecular weight excluding hydrogens is 373 g/mol. The van der Waals surface area contributed by atoms with Crippen LogP contribution in [0.1, 0.15) is 20.8 Å². The number of carbonyl (C=O) groups excluding carboxylic acids is 1. The first-order valence-corrected chi connectivity index (χ1v) is 9.48. The van der Waals surface area contributed by atoms with Gasteiger partial charge in [0.2, 0.25) is 0 Å². The van der Waals surface area contributed by atoms with Gasteiger partial charge in [0, 0.05) is 21.9 Å². The second-order valence-corrected chi connectivity index (χ2v) is 7.24. The highest BCUT2D eigenvalue weighted by molar-refractivity contribution is 7.21. The van der Waals surface area contributed by atoms with Gasteiger partial charge in [0.25, 0.3) is 5.91 Å². The fraction of sp³-hybridized carbons (Fsp3) is 0. The monoisotopic (exact) mass is 389 g/mol. The van der Waals surface area contributed by atoms with Crippen LogP contribution in [0.5, 0.6) is 5.75 Å². The summed E-state index contributed by atoms with van der Waals surface area (Å²) in [5.74, 6) is -1.10. The number of thiophene rings is 1. The smallest absolute Gasteiger partial charge is 0.269 e. The quantitative estimate of drug-likeness (QED) is 0.480. The standard InChI is InChI=1S/C23H16FNO2S/c24-17-11-12-20-18(13-17)21(26)22(28-20)23(27)25-14-19(15-7-3-1-4-8-15)16-9-5-2-6-10-16/h1-14,26H,(H,25,27). The molecule has 1 aromatic heterocycles. The maximum absolute atomic E-state index is 13.4. The molecule has 0 aliphatic heterocycles. The van der Waals surface area contributed by atoms with Crippen LogP contribution in [0.25, 0.3) is 15.7 Å². The Balaban J connectivity index is 1.69. The number of halogens is 1. The van der Waals surface area contributed by atoms with Gasteiger partial charge in [-0.1, -0.05) is 60.7 Å². The minimum atomic E-state index is -0.456. The van der Waals surface area contributed by atoms with Crippen molar-refractivity contribution in [3.05, 3.63) is 107 Å². The summed E-state index contributed by atoms with van der Waals surface area (Å²) in [4.78, 5) is 12.8. The van der Waals surface area contributed by atoms with Crippen LogP contribution >= 0.6 is 11.3 Å². The van der Waals surface area contributed by atoms with Crippen molar-refractivity contribution in [2.75, 3.05) is 0 Å². The predicted molar refractivity (Wildman–Crippen MR) is 111 cm³/mol. The lowest BCUT2D eigenvalue weighted by Crippen LogP contribution is -2.16. The summed E-state index contributed by atoms with van der Waals surface area (Å²) in [6.45, 7) is 0. The molecule has 5 heteroatoms. The van der Waals surface area contributed by atoms with Crippen molar-refractivity contribution in [2.24, 2.45) is 0 Å². The van der Waals surface area contributed by atoms with Gasteiger partial charge in [0.05, 0.1) is 0 Å². The van der Waals surface area contributed by atoms with Crippen molar-refractivity contribution < 1.29 is 14.3 Å².